The van der Waals surface area contributed by atoms with Gasteiger partial charge in [-0.25, -0.2) is 4.98 Å². The van der Waals surface area contributed by atoms with Crippen LogP contribution >= 0.6 is 27.5 Å². The average molecular weight is 376 g/mol. The number of halogens is 2. The van der Waals surface area contributed by atoms with Crippen molar-refractivity contribution in [3.8, 4) is 0 Å². The van der Waals surface area contributed by atoms with E-state index in [-0.39, 0.29) is 18.7 Å². The Morgan fingerprint density at radius 2 is 2.05 bits per heavy atom. The highest BCUT2D eigenvalue weighted by molar-refractivity contribution is 9.10. The lowest BCUT2D eigenvalue weighted by Crippen LogP contribution is -2.27. The van der Waals surface area contributed by atoms with Crippen molar-refractivity contribution in [3.05, 3.63) is 21.9 Å². The molecule has 1 heterocycles. The van der Waals surface area contributed by atoms with Crippen molar-refractivity contribution in [1.29, 1.82) is 0 Å². The van der Waals surface area contributed by atoms with E-state index in [9.17, 15) is 9.59 Å². The molecule has 5 nitrogen and oxygen atoms in total. The van der Waals surface area contributed by atoms with Gasteiger partial charge in [-0.05, 0) is 40.3 Å². The summed E-state index contributed by atoms with van der Waals surface area (Å²) in [5.41, 5.74) is 0.132. The number of nitrogens with one attached hydrogen (secondary N) is 1. The molecule has 0 radical (unpaired) electrons. The molecule has 1 fully saturated rings. The minimum absolute atomic E-state index is 0.0446. The average Bonchev–Trinajstić information content (AvgIpc) is 2.80. The molecule has 114 valence electrons. The number of carboxylic acid groups (broad SMARTS) is 1. The Hall–Kier alpha value is -1.14. The third-order valence-corrected chi connectivity index (χ3v) is 4.94. The summed E-state index contributed by atoms with van der Waals surface area (Å²) >= 11 is 9.04. The van der Waals surface area contributed by atoms with Crippen molar-refractivity contribution >= 4 is 45.1 Å². The largest absolute Gasteiger partial charge is 0.481 e. The van der Waals surface area contributed by atoms with Gasteiger partial charge in [-0.2, -0.15) is 0 Å². The lowest BCUT2D eigenvalue weighted by molar-refractivity contribution is -0.140. The SMILES string of the molecule is O=C(O)CC1(CC(=O)Nc2cnc(Cl)c(Br)c2)CCCC1. The highest BCUT2D eigenvalue weighted by Crippen LogP contribution is 2.44. The molecule has 1 aromatic rings. The van der Waals surface area contributed by atoms with Gasteiger partial charge in [0, 0.05) is 6.42 Å². The first-order chi connectivity index (χ1) is 9.90. The number of anilines is 1. The molecule has 1 aromatic heterocycles. The number of amides is 1. The lowest BCUT2D eigenvalue weighted by Gasteiger charge is -2.26. The standard InChI is InChI=1S/C14H16BrClN2O3/c15-10-5-9(8-17-13(10)16)18-11(19)6-14(7-12(20)21)3-1-2-4-14/h5,8H,1-4,6-7H2,(H,18,19)(H,20,21). The summed E-state index contributed by atoms with van der Waals surface area (Å²) in [6.45, 7) is 0. The fourth-order valence-corrected chi connectivity index (χ4v) is 3.35. The Labute approximate surface area is 136 Å². The Morgan fingerprint density at radius 3 is 2.62 bits per heavy atom. The summed E-state index contributed by atoms with van der Waals surface area (Å²) in [4.78, 5) is 27.1. The second kappa shape index (κ2) is 6.75. The Morgan fingerprint density at radius 1 is 1.38 bits per heavy atom. The fourth-order valence-electron chi connectivity index (χ4n) is 2.90. The predicted molar refractivity (Wildman–Crippen MR) is 83.3 cm³/mol. The van der Waals surface area contributed by atoms with E-state index in [1.165, 1.54) is 6.20 Å². The van der Waals surface area contributed by atoms with Gasteiger partial charge in [0.25, 0.3) is 0 Å². The third-order valence-electron chi connectivity index (χ3n) is 3.81. The van der Waals surface area contributed by atoms with Crippen LogP contribution in [0.25, 0.3) is 0 Å². The summed E-state index contributed by atoms with van der Waals surface area (Å²) in [7, 11) is 0. The molecule has 1 saturated carbocycles. The first-order valence-electron chi connectivity index (χ1n) is 6.73. The monoisotopic (exact) mass is 374 g/mol. The molecular formula is C14H16BrClN2O3. The van der Waals surface area contributed by atoms with Crippen LogP contribution in [0.5, 0.6) is 0 Å². The van der Waals surface area contributed by atoms with Crippen molar-refractivity contribution in [1.82, 2.24) is 4.98 Å². The molecule has 0 saturated heterocycles. The summed E-state index contributed by atoms with van der Waals surface area (Å²) < 4.78 is 0.600. The molecule has 21 heavy (non-hydrogen) atoms. The topological polar surface area (TPSA) is 79.3 Å². The molecule has 0 atom stereocenters. The zero-order chi connectivity index (χ0) is 15.5. The van der Waals surface area contributed by atoms with Gasteiger partial charge in [0.2, 0.25) is 5.91 Å². The van der Waals surface area contributed by atoms with Crippen LogP contribution in [-0.4, -0.2) is 22.0 Å². The molecule has 7 heteroatoms. The number of carbonyl (C=O) groups excluding carboxylic acids is 1. The number of rotatable bonds is 5. The van der Waals surface area contributed by atoms with Gasteiger partial charge >= 0.3 is 5.97 Å². The second-order valence-corrected chi connectivity index (χ2v) is 6.71. The molecule has 2 rings (SSSR count). The molecule has 0 bridgehead atoms. The Kier molecular flexibility index (Phi) is 5.22. The minimum atomic E-state index is -0.847. The number of carboxylic acids is 1. The molecule has 1 aliphatic carbocycles. The van der Waals surface area contributed by atoms with Gasteiger partial charge in [0.15, 0.2) is 0 Å². The number of pyridine rings is 1. The normalized spacial score (nSPS) is 16.7. The van der Waals surface area contributed by atoms with E-state index in [0.717, 1.165) is 25.7 Å². The number of aliphatic carboxylic acids is 1. The summed E-state index contributed by atoms with van der Waals surface area (Å²) in [6.07, 6.45) is 5.28. The highest BCUT2D eigenvalue weighted by atomic mass is 79.9. The molecular weight excluding hydrogens is 360 g/mol. The first kappa shape index (κ1) is 16.2. The van der Waals surface area contributed by atoms with E-state index in [2.05, 4.69) is 26.2 Å². The summed E-state index contributed by atoms with van der Waals surface area (Å²) in [6, 6.07) is 1.67. The first-order valence-corrected chi connectivity index (χ1v) is 7.90. The van der Waals surface area contributed by atoms with Gasteiger partial charge in [0.05, 0.1) is 22.8 Å². The van der Waals surface area contributed by atoms with Crippen LogP contribution < -0.4 is 5.32 Å². The predicted octanol–water partition coefficient (Wildman–Crippen LogP) is 3.86. The van der Waals surface area contributed by atoms with Crippen molar-refractivity contribution < 1.29 is 14.7 Å². The zero-order valence-corrected chi connectivity index (χ0v) is 13.7. The summed E-state index contributed by atoms with van der Waals surface area (Å²) in [5, 5.41) is 12.1. The third kappa shape index (κ3) is 4.41. The quantitative estimate of drug-likeness (QED) is 0.766. The number of carbonyl (C=O) groups is 2. The van der Waals surface area contributed by atoms with Gasteiger partial charge in [0.1, 0.15) is 5.15 Å². The van der Waals surface area contributed by atoms with Gasteiger partial charge < -0.3 is 10.4 Å². The second-order valence-electron chi connectivity index (χ2n) is 5.50. The van der Waals surface area contributed by atoms with Crippen molar-refractivity contribution in [2.45, 2.75) is 38.5 Å². The van der Waals surface area contributed by atoms with E-state index in [4.69, 9.17) is 16.7 Å². The lowest BCUT2D eigenvalue weighted by atomic mass is 9.79. The van der Waals surface area contributed by atoms with E-state index in [1.54, 1.807) is 6.07 Å². The van der Waals surface area contributed by atoms with E-state index in [1.807, 2.05) is 0 Å². The van der Waals surface area contributed by atoms with Crippen molar-refractivity contribution in [2.24, 2.45) is 5.41 Å². The Bertz CT molecular complexity index is 559. The molecule has 0 aliphatic heterocycles. The van der Waals surface area contributed by atoms with Crippen molar-refractivity contribution in [2.75, 3.05) is 5.32 Å². The number of aromatic nitrogens is 1. The van der Waals surface area contributed by atoms with Crippen molar-refractivity contribution in [3.63, 3.8) is 0 Å². The molecule has 0 unspecified atom stereocenters. The highest BCUT2D eigenvalue weighted by Gasteiger charge is 2.37. The molecule has 2 N–H and O–H groups in total. The van der Waals surface area contributed by atoms with Gasteiger partial charge in [-0.3, -0.25) is 9.59 Å². The molecule has 0 aromatic carbocycles. The molecule has 0 spiro atoms. The minimum Gasteiger partial charge on any atom is -0.481 e. The van der Waals surface area contributed by atoms with Crippen LogP contribution in [-0.2, 0) is 9.59 Å². The van der Waals surface area contributed by atoms with Crippen LogP contribution in [0.4, 0.5) is 5.69 Å². The Balaban J connectivity index is 2.02. The van der Waals surface area contributed by atoms with Crippen LogP contribution in [0.2, 0.25) is 5.15 Å². The maximum absolute atomic E-state index is 12.2. The van der Waals surface area contributed by atoms with E-state index >= 15 is 0 Å². The van der Waals surface area contributed by atoms with Crippen LogP contribution in [0.3, 0.4) is 0 Å². The van der Waals surface area contributed by atoms with Crippen LogP contribution in [0.15, 0.2) is 16.7 Å². The van der Waals surface area contributed by atoms with Gasteiger partial charge in [-0.1, -0.05) is 24.4 Å². The number of hydrogen-bond acceptors (Lipinski definition) is 3. The van der Waals surface area contributed by atoms with E-state index in [0.29, 0.717) is 15.3 Å². The van der Waals surface area contributed by atoms with Crippen LogP contribution in [0, 0.1) is 5.41 Å². The molecule has 1 aliphatic rings. The number of hydrogen-bond donors (Lipinski definition) is 2. The van der Waals surface area contributed by atoms with Gasteiger partial charge in [-0.15, -0.1) is 0 Å². The summed E-state index contributed by atoms with van der Waals surface area (Å²) in [5.74, 6) is -1.03. The maximum atomic E-state index is 12.2. The molecule has 1 amide bonds. The number of nitrogens with zero attached hydrogens (tertiary/aromatic N) is 1. The maximum Gasteiger partial charge on any atom is 0.303 e. The smallest absolute Gasteiger partial charge is 0.303 e. The van der Waals surface area contributed by atoms with E-state index < -0.39 is 11.4 Å². The van der Waals surface area contributed by atoms with Crippen LogP contribution in [0.1, 0.15) is 38.5 Å². The fraction of sp³-hybridized carbons (Fsp3) is 0.500. The zero-order valence-electron chi connectivity index (χ0n) is 11.4.